The van der Waals surface area contributed by atoms with E-state index in [0.717, 1.165) is 9.13 Å². The van der Waals surface area contributed by atoms with Crippen LogP contribution < -0.4 is 11.2 Å². The van der Waals surface area contributed by atoms with E-state index in [-0.39, 0.29) is 5.96 Å². The fraction of sp³-hybridized carbons (Fsp3) is 0. The van der Waals surface area contributed by atoms with Gasteiger partial charge in [0.15, 0.2) is 0 Å². The van der Waals surface area contributed by atoms with Crippen molar-refractivity contribution in [2.75, 3.05) is 0 Å². The Morgan fingerprint density at radius 2 is 2.21 bits per heavy atom. The van der Waals surface area contributed by atoms with E-state index in [9.17, 15) is 0 Å². The highest BCUT2D eigenvalue weighted by Gasteiger charge is 1.92. The Morgan fingerprint density at radius 3 is 2.86 bits per heavy atom. The molecular weight excluding hydrogens is 295 g/mol. The maximum absolute atomic E-state index is 8.31. The Bertz CT molecular complexity index is 364. The van der Waals surface area contributed by atoms with E-state index in [1.807, 2.05) is 24.3 Å². The molecule has 0 aliphatic heterocycles. The molecule has 74 valence electrons. The zero-order chi connectivity index (χ0) is 10.4. The second-order valence-corrected chi connectivity index (χ2v) is 3.53. The predicted molar refractivity (Wildman–Crippen MR) is 63.3 cm³/mol. The molecule has 0 bridgehead atoms. The summed E-state index contributed by atoms with van der Waals surface area (Å²) in [4.78, 5) is 0. The number of hydroxylamine groups is 1. The van der Waals surface area contributed by atoms with E-state index >= 15 is 0 Å². The van der Waals surface area contributed by atoms with E-state index in [1.54, 1.807) is 11.7 Å². The van der Waals surface area contributed by atoms with Crippen molar-refractivity contribution in [1.82, 2.24) is 5.48 Å². The molecule has 0 heterocycles. The van der Waals surface area contributed by atoms with Gasteiger partial charge in [0, 0.05) is 9.13 Å². The van der Waals surface area contributed by atoms with Crippen LogP contribution in [0.5, 0.6) is 0 Å². The number of benzene rings is 1. The average molecular weight is 304 g/mol. The van der Waals surface area contributed by atoms with Gasteiger partial charge >= 0.3 is 0 Å². The van der Waals surface area contributed by atoms with Crippen LogP contribution in [0.2, 0.25) is 0 Å². The second kappa shape index (κ2) is 5.55. The molecule has 0 aliphatic carbocycles. The lowest BCUT2D eigenvalue weighted by atomic mass is 10.2. The smallest absolute Gasteiger partial charge is 0.237 e. The van der Waals surface area contributed by atoms with Gasteiger partial charge in [-0.05, 0) is 28.7 Å². The molecule has 0 unspecified atom stereocenters. The molecule has 0 fully saturated rings. The van der Waals surface area contributed by atoms with Gasteiger partial charge in [-0.15, -0.1) is 5.10 Å². The van der Waals surface area contributed by atoms with Crippen LogP contribution >= 0.6 is 22.6 Å². The summed E-state index contributed by atoms with van der Waals surface area (Å²) in [5.41, 5.74) is 7.77. The summed E-state index contributed by atoms with van der Waals surface area (Å²) in [6, 6.07) is 7.70. The van der Waals surface area contributed by atoms with Gasteiger partial charge in [0.1, 0.15) is 0 Å². The van der Waals surface area contributed by atoms with Crippen LogP contribution in [0.4, 0.5) is 0 Å². The van der Waals surface area contributed by atoms with Crippen LogP contribution in [0, 0.1) is 3.57 Å². The van der Waals surface area contributed by atoms with Gasteiger partial charge in [-0.3, -0.25) is 5.21 Å². The number of nitrogens with zero attached hydrogens (tertiary/aromatic N) is 2. The van der Waals surface area contributed by atoms with Crippen molar-refractivity contribution < 1.29 is 5.21 Å². The maximum atomic E-state index is 8.31. The number of nitrogens with one attached hydrogen (secondary N) is 1. The minimum Gasteiger partial charge on any atom is -0.367 e. The minimum atomic E-state index is -0.146. The van der Waals surface area contributed by atoms with Crippen molar-refractivity contribution in [3.05, 3.63) is 33.4 Å². The van der Waals surface area contributed by atoms with Gasteiger partial charge in [-0.1, -0.05) is 18.2 Å². The van der Waals surface area contributed by atoms with Crippen LogP contribution in [0.15, 0.2) is 34.5 Å². The molecular formula is C8H9IN4O. The van der Waals surface area contributed by atoms with Crippen molar-refractivity contribution >= 4 is 34.8 Å². The number of guanidine groups is 1. The van der Waals surface area contributed by atoms with Gasteiger partial charge in [0.2, 0.25) is 5.96 Å². The molecule has 0 saturated carbocycles. The van der Waals surface area contributed by atoms with Crippen molar-refractivity contribution in [2.24, 2.45) is 15.9 Å². The molecule has 0 aliphatic rings. The first-order valence-electron chi connectivity index (χ1n) is 3.75. The molecule has 1 aromatic rings. The zero-order valence-corrected chi connectivity index (χ0v) is 9.34. The summed E-state index contributed by atoms with van der Waals surface area (Å²) in [6.45, 7) is 0. The first kappa shape index (κ1) is 10.9. The Hall–Kier alpha value is -1.15. The lowest BCUT2D eigenvalue weighted by Gasteiger charge is -1.95. The van der Waals surface area contributed by atoms with Crippen molar-refractivity contribution in [3.8, 4) is 0 Å². The van der Waals surface area contributed by atoms with Gasteiger partial charge in [0.05, 0.1) is 6.21 Å². The third kappa shape index (κ3) is 3.30. The third-order valence-electron chi connectivity index (χ3n) is 1.38. The quantitative estimate of drug-likeness (QED) is 0.329. The molecule has 6 heteroatoms. The minimum absolute atomic E-state index is 0.146. The third-order valence-corrected chi connectivity index (χ3v) is 2.36. The highest BCUT2D eigenvalue weighted by molar-refractivity contribution is 14.1. The Balaban J connectivity index is 2.74. The van der Waals surface area contributed by atoms with Gasteiger partial charge in [-0.2, -0.15) is 5.10 Å². The summed E-state index contributed by atoms with van der Waals surface area (Å²) in [7, 11) is 0. The van der Waals surface area contributed by atoms with Gasteiger partial charge in [-0.25, -0.2) is 5.48 Å². The molecule has 0 radical (unpaired) electrons. The fourth-order valence-corrected chi connectivity index (χ4v) is 1.28. The summed E-state index contributed by atoms with van der Waals surface area (Å²) in [5.74, 6) is -0.146. The summed E-state index contributed by atoms with van der Waals surface area (Å²) in [6.07, 6.45) is 1.56. The van der Waals surface area contributed by atoms with Crippen molar-refractivity contribution in [2.45, 2.75) is 0 Å². The molecule has 0 atom stereocenters. The fourth-order valence-electron chi connectivity index (χ4n) is 0.755. The Morgan fingerprint density at radius 1 is 1.50 bits per heavy atom. The number of hydrogen-bond donors (Lipinski definition) is 3. The van der Waals surface area contributed by atoms with Crippen LogP contribution in [-0.4, -0.2) is 17.4 Å². The largest absolute Gasteiger partial charge is 0.367 e. The number of rotatable bonds is 2. The molecule has 14 heavy (non-hydrogen) atoms. The van der Waals surface area contributed by atoms with Crippen LogP contribution in [0.3, 0.4) is 0 Å². The lowest BCUT2D eigenvalue weighted by Crippen LogP contribution is -2.27. The monoisotopic (exact) mass is 304 g/mol. The molecule has 4 N–H and O–H groups in total. The zero-order valence-electron chi connectivity index (χ0n) is 7.18. The van der Waals surface area contributed by atoms with E-state index in [0.29, 0.717) is 0 Å². The van der Waals surface area contributed by atoms with Crippen LogP contribution in [0.25, 0.3) is 0 Å². The first-order chi connectivity index (χ1) is 6.74. The van der Waals surface area contributed by atoms with E-state index in [4.69, 9.17) is 10.9 Å². The Labute approximate surface area is 94.8 Å². The highest BCUT2D eigenvalue weighted by atomic mass is 127. The summed E-state index contributed by atoms with van der Waals surface area (Å²) in [5, 5.41) is 15.5. The first-order valence-corrected chi connectivity index (χ1v) is 4.83. The molecule has 0 amide bonds. The molecule has 0 saturated heterocycles. The molecule has 5 nitrogen and oxygen atoms in total. The van der Waals surface area contributed by atoms with E-state index < -0.39 is 0 Å². The summed E-state index contributed by atoms with van der Waals surface area (Å²) >= 11 is 2.19. The van der Waals surface area contributed by atoms with Gasteiger partial charge in [0.25, 0.3) is 0 Å². The molecule has 0 spiro atoms. The normalized spacial score (nSPS) is 12.0. The predicted octanol–water partition coefficient (Wildman–Crippen LogP) is 0.919. The SMILES string of the molecule is NC(=NN=Cc1ccccc1I)NO. The van der Waals surface area contributed by atoms with Crippen molar-refractivity contribution in [1.29, 1.82) is 0 Å². The number of nitrogens with two attached hydrogens (primary N) is 1. The van der Waals surface area contributed by atoms with Gasteiger partial charge < -0.3 is 5.73 Å². The molecule has 1 rings (SSSR count). The lowest BCUT2D eigenvalue weighted by molar-refractivity contribution is 0.232. The van der Waals surface area contributed by atoms with E-state index in [2.05, 4.69) is 32.8 Å². The number of hydrogen-bond acceptors (Lipinski definition) is 3. The van der Waals surface area contributed by atoms with Crippen LogP contribution in [0.1, 0.15) is 5.56 Å². The number of halogens is 1. The topological polar surface area (TPSA) is 83.0 Å². The molecule has 1 aromatic carbocycles. The summed E-state index contributed by atoms with van der Waals surface area (Å²) < 4.78 is 1.07. The van der Waals surface area contributed by atoms with Crippen molar-refractivity contribution in [3.63, 3.8) is 0 Å². The Kier molecular flexibility index (Phi) is 4.33. The molecule has 0 aromatic heterocycles. The van der Waals surface area contributed by atoms with E-state index in [1.165, 1.54) is 0 Å². The second-order valence-electron chi connectivity index (χ2n) is 2.36. The highest BCUT2D eigenvalue weighted by Crippen LogP contribution is 2.08. The van der Waals surface area contributed by atoms with Crippen LogP contribution in [-0.2, 0) is 0 Å². The standard InChI is InChI=1S/C8H9IN4O/c9-7-4-2-1-3-6(7)5-11-12-8(10)13-14/h1-5,14H,(H3,10,12,13). The average Bonchev–Trinajstić information content (AvgIpc) is 2.20. The maximum Gasteiger partial charge on any atom is 0.237 e.